The van der Waals surface area contributed by atoms with E-state index in [1.54, 1.807) is 13.0 Å². The van der Waals surface area contributed by atoms with Crippen molar-refractivity contribution in [2.75, 3.05) is 11.9 Å². The largest absolute Gasteiger partial charge is 0.462 e. The van der Waals surface area contributed by atoms with Crippen molar-refractivity contribution in [3.63, 3.8) is 0 Å². The molecule has 0 spiro atoms. The van der Waals surface area contributed by atoms with Crippen LogP contribution < -0.4 is 10.1 Å². The van der Waals surface area contributed by atoms with Gasteiger partial charge in [-0.2, -0.15) is 0 Å². The SMILES string of the molecule is CCOC(=O)c1ccc(NC(=O)Oc2ccccc2F)cc1. The number of ether oxygens (including phenoxy) is 2. The van der Waals surface area contributed by atoms with Gasteiger partial charge in [0.1, 0.15) is 0 Å². The molecule has 0 aromatic heterocycles. The van der Waals surface area contributed by atoms with Crippen molar-refractivity contribution in [1.29, 1.82) is 0 Å². The summed E-state index contributed by atoms with van der Waals surface area (Å²) in [7, 11) is 0. The zero-order valence-electron chi connectivity index (χ0n) is 11.8. The Balaban J connectivity index is 1.97. The van der Waals surface area contributed by atoms with Crippen LogP contribution in [-0.4, -0.2) is 18.7 Å². The van der Waals surface area contributed by atoms with Gasteiger partial charge in [-0.15, -0.1) is 0 Å². The minimum Gasteiger partial charge on any atom is -0.462 e. The first-order chi connectivity index (χ1) is 10.6. The van der Waals surface area contributed by atoms with Gasteiger partial charge < -0.3 is 9.47 Å². The van der Waals surface area contributed by atoms with E-state index in [2.05, 4.69) is 5.32 Å². The Morgan fingerprint density at radius 1 is 1.09 bits per heavy atom. The Labute approximate surface area is 126 Å². The Morgan fingerprint density at radius 3 is 2.41 bits per heavy atom. The molecule has 2 rings (SSSR count). The highest BCUT2D eigenvalue weighted by Gasteiger charge is 2.10. The quantitative estimate of drug-likeness (QED) is 0.876. The maximum absolute atomic E-state index is 13.3. The molecule has 0 atom stereocenters. The fourth-order valence-electron chi connectivity index (χ4n) is 1.67. The molecule has 0 aliphatic carbocycles. The lowest BCUT2D eigenvalue weighted by Gasteiger charge is -2.08. The maximum Gasteiger partial charge on any atom is 0.417 e. The molecule has 0 heterocycles. The summed E-state index contributed by atoms with van der Waals surface area (Å²) in [6.07, 6.45) is -0.825. The Morgan fingerprint density at radius 2 is 1.77 bits per heavy atom. The number of anilines is 1. The second-order valence-corrected chi connectivity index (χ2v) is 4.24. The summed E-state index contributed by atoms with van der Waals surface area (Å²) in [6, 6.07) is 11.7. The number of hydrogen-bond donors (Lipinski definition) is 1. The number of rotatable bonds is 4. The van der Waals surface area contributed by atoms with E-state index in [4.69, 9.17) is 9.47 Å². The lowest BCUT2D eigenvalue weighted by Crippen LogP contribution is -2.17. The van der Waals surface area contributed by atoms with E-state index in [9.17, 15) is 14.0 Å². The van der Waals surface area contributed by atoms with Crippen LogP contribution in [0.15, 0.2) is 48.5 Å². The summed E-state index contributed by atoms with van der Waals surface area (Å²) in [6.45, 7) is 2.00. The van der Waals surface area contributed by atoms with E-state index in [1.165, 1.54) is 42.5 Å². The van der Waals surface area contributed by atoms with Crippen LogP contribution in [0.25, 0.3) is 0 Å². The molecule has 22 heavy (non-hydrogen) atoms. The van der Waals surface area contributed by atoms with Gasteiger partial charge in [0, 0.05) is 5.69 Å². The average Bonchev–Trinajstić information content (AvgIpc) is 2.50. The van der Waals surface area contributed by atoms with Gasteiger partial charge in [0.2, 0.25) is 0 Å². The van der Waals surface area contributed by atoms with Gasteiger partial charge in [-0.1, -0.05) is 12.1 Å². The Bertz CT molecular complexity index is 670. The molecule has 0 saturated heterocycles. The first-order valence-electron chi connectivity index (χ1n) is 6.60. The van der Waals surface area contributed by atoms with E-state index in [0.717, 1.165) is 0 Å². The molecule has 0 aliphatic heterocycles. The number of carbonyl (C=O) groups excluding carboxylic acids is 2. The number of benzene rings is 2. The molecule has 0 aliphatic rings. The molecule has 5 nitrogen and oxygen atoms in total. The van der Waals surface area contributed by atoms with Crippen LogP contribution in [-0.2, 0) is 4.74 Å². The topological polar surface area (TPSA) is 64.6 Å². The molecular weight excluding hydrogens is 289 g/mol. The van der Waals surface area contributed by atoms with Crippen molar-refractivity contribution >= 4 is 17.7 Å². The average molecular weight is 303 g/mol. The van der Waals surface area contributed by atoms with Crippen LogP contribution in [0.5, 0.6) is 5.75 Å². The molecule has 0 radical (unpaired) electrons. The molecule has 1 N–H and O–H groups in total. The molecule has 0 bridgehead atoms. The van der Waals surface area contributed by atoms with Crippen molar-refractivity contribution < 1.29 is 23.5 Å². The van der Waals surface area contributed by atoms with Gasteiger partial charge in [-0.05, 0) is 43.3 Å². The number of amides is 1. The van der Waals surface area contributed by atoms with Crippen molar-refractivity contribution in [2.24, 2.45) is 0 Å². The van der Waals surface area contributed by atoms with E-state index in [-0.39, 0.29) is 12.4 Å². The van der Waals surface area contributed by atoms with Crippen LogP contribution in [0.4, 0.5) is 14.9 Å². The Hall–Kier alpha value is -2.89. The third kappa shape index (κ3) is 4.05. The highest BCUT2D eigenvalue weighted by Crippen LogP contribution is 2.17. The summed E-state index contributed by atoms with van der Waals surface area (Å²) in [4.78, 5) is 23.1. The molecular formula is C16H14FNO4. The molecule has 0 fully saturated rings. The van der Waals surface area contributed by atoms with Crippen LogP contribution >= 0.6 is 0 Å². The highest BCUT2D eigenvalue weighted by atomic mass is 19.1. The van der Waals surface area contributed by atoms with Crippen LogP contribution in [0.3, 0.4) is 0 Å². The van der Waals surface area contributed by atoms with E-state index in [1.807, 2.05) is 0 Å². The second-order valence-electron chi connectivity index (χ2n) is 4.24. The number of carbonyl (C=O) groups is 2. The van der Waals surface area contributed by atoms with Crippen molar-refractivity contribution in [3.05, 3.63) is 59.9 Å². The number of nitrogens with one attached hydrogen (secondary N) is 1. The summed E-state index contributed by atoms with van der Waals surface area (Å²) in [5.41, 5.74) is 0.782. The minimum atomic E-state index is -0.825. The summed E-state index contributed by atoms with van der Waals surface area (Å²) >= 11 is 0. The third-order valence-corrected chi connectivity index (χ3v) is 2.68. The smallest absolute Gasteiger partial charge is 0.417 e. The van der Waals surface area contributed by atoms with Gasteiger partial charge in [-0.25, -0.2) is 14.0 Å². The fraction of sp³-hybridized carbons (Fsp3) is 0.125. The normalized spacial score (nSPS) is 9.91. The molecule has 6 heteroatoms. The summed E-state index contributed by atoms with van der Waals surface area (Å²) < 4.78 is 23.0. The minimum absolute atomic E-state index is 0.164. The van der Waals surface area contributed by atoms with Crippen molar-refractivity contribution in [3.8, 4) is 5.75 Å². The number of para-hydroxylation sites is 1. The Kier molecular flexibility index (Phi) is 5.08. The molecule has 0 unspecified atom stereocenters. The van der Waals surface area contributed by atoms with Crippen LogP contribution in [0.2, 0.25) is 0 Å². The maximum atomic E-state index is 13.3. The molecule has 0 saturated carbocycles. The zero-order valence-corrected chi connectivity index (χ0v) is 11.8. The van der Waals surface area contributed by atoms with Gasteiger partial charge in [0.15, 0.2) is 11.6 Å². The molecule has 114 valence electrons. The second kappa shape index (κ2) is 7.21. The van der Waals surface area contributed by atoms with Crippen molar-refractivity contribution in [1.82, 2.24) is 0 Å². The molecule has 1 amide bonds. The van der Waals surface area contributed by atoms with Gasteiger partial charge >= 0.3 is 12.1 Å². The summed E-state index contributed by atoms with van der Waals surface area (Å²) in [5.74, 6) is -1.23. The first-order valence-corrected chi connectivity index (χ1v) is 6.60. The van der Waals surface area contributed by atoms with E-state index < -0.39 is 17.9 Å². The summed E-state index contributed by atoms with van der Waals surface area (Å²) in [5, 5.41) is 2.44. The number of hydrogen-bond acceptors (Lipinski definition) is 4. The van der Waals surface area contributed by atoms with Crippen molar-refractivity contribution in [2.45, 2.75) is 6.92 Å². The molecule has 2 aromatic rings. The van der Waals surface area contributed by atoms with Gasteiger partial charge in [0.25, 0.3) is 0 Å². The lowest BCUT2D eigenvalue weighted by molar-refractivity contribution is 0.0526. The lowest BCUT2D eigenvalue weighted by atomic mass is 10.2. The third-order valence-electron chi connectivity index (χ3n) is 2.68. The predicted octanol–water partition coefficient (Wildman–Crippen LogP) is 3.61. The first kappa shape index (κ1) is 15.5. The number of esters is 1. The predicted molar refractivity (Wildman–Crippen MR) is 78.4 cm³/mol. The van der Waals surface area contributed by atoms with Gasteiger partial charge in [0.05, 0.1) is 12.2 Å². The van der Waals surface area contributed by atoms with Crippen LogP contribution in [0, 0.1) is 5.82 Å². The zero-order chi connectivity index (χ0) is 15.9. The fourth-order valence-corrected chi connectivity index (χ4v) is 1.67. The van der Waals surface area contributed by atoms with Gasteiger partial charge in [-0.3, -0.25) is 5.32 Å². The van der Waals surface area contributed by atoms with E-state index >= 15 is 0 Å². The van der Waals surface area contributed by atoms with Crippen LogP contribution in [0.1, 0.15) is 17.3 Å². The molecule has 2 aromatic carbocycles. The highest BCUT2D eigenvalue weighted by molar-refractivity contribution is 5.91. The monoisotopic (exact) mass is 303 g/mol. The van der Waals surface area contributed by atoms with E-state index in [0.29, 0.717) is 11.3 Å². The number of halogens is 1. The standard InChI is InChI=1S/C16H14FNO4/c1-2-21-15(19)11-7-9-12(10-8-11)18-16(20)22-14-6-4-3-5-13(14)17/h3-10H,2H2,1H3,(H,18,20).